The molecule has 2 rings (SSSR count). The van der Waals surface area contributed by atoms with Crippen LogP contribution < -0.4 is 4.74 Å². The number of carbonyl (C=O) groups is 1. The molecule has 86 valence electrons. The summed E-state index contributed by atoms with van der Waals surface area (Å²) in [7, 11) is 1.63. The van der Waals surface area contributed by atoms with Crippen molar-refractivity contribution in [2.24, 2.45) is 0 Å². The fourth-order valence-corrected chi connectivity index (χ4v) is 2.69. The average molecular weight is 332 g/mol. The summed E-state index contributed by atoms with van der Waals surface area (Å²) in [5, 5.41) is 0. The van der Waals surface area contributed by atoms with Gasteiger partial charge in [0.1, 0.15) is 11.4 Å². The van der Waals surface area contributed by atoms with Gasteiger partial charge in [0.05, 0.1) is 17.5 Å². The molecule has 1 heterocycles. The number of ether oxygens (including phenoxy) is 2. The van der Waals surface area contributed by atoms with E-state index >= 15 is 0 Å². The molecule has 1 aliphatic heterocycles. The number of esters is 1. The van der Waals surface area contributed by atoms with Crippen molar-refractivity contribution >= 4 is 28.6 Å². The lowest BCUT2D eigenvalue weighted by molar-refractivity contribution is -0.147. The van der Waals surface area contributed by atoms with Crippen molar-refractivity contribution in [3.05, 3.63) is 29.8 Å². The first-order chi connectivity index (χ1) is 7.56. The second-order valence-corrected chi connectivity index (χ2v) is 5.48. The highest BCUT2D eigenvalue weighted by Crippen LogP contribution is 2.41. The van der Waals surface area contributed by atoms with Gasteiger partial charge in [-0.3, -0.25) is 4.79 Å². The van der Waals surface area contributed by atoms with Crippen molar-refractivity contribution in [1.29, 1.82) is 0 Å². The maximum absolute atomic E-state index is 11.3. The summed E-state index contributed by atoms with van der Waals surface area (Å²) in [5.74, 6) is 0.680. The maximum Gasteiger partial charge on any atom is 0.307 e. The molecule has 0 radical (unpaired) electrons. The number of benzene rings is 1. The van der Waals surface area contributed by atoms with Crippen LogP contribution in [0.15, 0.2) is 24.3 Å². The van der Waals surface area contributed by atoms with Crippen LogP contribution in [0.25, 0.3) is 0 Å². The van der Waals surface area contributed by atoms with Crippen molar-refractivity contribution in [2.75, 3.05) is 7.11 Å². The molecule has 1 saturated heterocycles. The van der Waals surface area contributed by atoms with Gasteiger partial charge in [-0.1, -0.05) is 34.7 Å². The van der Waals surface area contributed by atoms with E-state index in [1.807, 2.05) is 31.2 Å². The van der Waals surface area contributed by atoms with Crippen LogP contribution in [0.5, 0.6) is 5.75 Å². The van der Waals surface area contributed by atoms with E-state index in [9.17, 15) is 4.79 Å². The molecule has 0 unspecified atom stereocenters. The summed E-state index contributed by atoms with van der Waals surface area (Å²) in [4.78, 5) is 11.3. The molecule has 2 atom stereocenters. The van der Waals surface area contributed by atoms with Crippen LogP contribution >= 0.6 is 22.6 Å². The summed E-state index contributed by atoms with van der Waals surface area (Å²) in [6, 6.07) is 7.67. The minimum absolute atomic E-state index is 0.127. The number of halogens is 1. The third kappa shape index (κ3) is 1.90. The lowest BCUT2D eigenvalue weighted by atomic mass is 9.93. The predicted molar refractivity (Wildman–Crippen MR) is 68.9 cm³/mol. The van der Waals surface area contributed by atoms with Crippen molar-refractivity contribution in [2.45, 2.75) is 22.9 Å². The lowest BCUT2D eigenvalue weighted by Crippen LogP contribution is -2.29. The largest absolute Gasteiger partial charge is 0.497 e. The number of methoxy groups -OCH3 is 1. The van der Waals surface area contributed by atoms with Crippen molar-refractivity contribution in [3.63, 3.8) is 0 Å². The van der Waals surface area contributed by atoms with E-state index in [-0.39, 0.29) is 9.89 Å². The Morgan fingerprint density at radius 1 is 1.44 bits per heavy atom. The molecule has 0 amide bonds. The first-order valence-corrected chi connectivity index (χ1v) is 6.31. The van der Waals surface area contributed by atoms with Gasteiger partial charge in [-0.05, 0) is 24.6 Å². The van der Waals surface area contributed by atoms with Crippen molar-refractivity contribution in [3.8, 4) is 5.75 Å². The summed E-state index contributed by atoms with van der Waals surface area (Å²) >= 11 is 2.27. The fourth-order valence-electron chi connectivity index (χ4n) is 1.84. The van der Waals surface area contributed by atoms with Gasteiger partial charge in [0.2, 0.25) is 0 Å². The Labute approximate surface area is 108 Å². The third-order valence-corrected chi connectivity index (χ3v) is 4.56. The Kier molecular flexibility index (Phi) is 3.10. The molecule has 1 aromatic rings. The lowest BCUT2D eigenvalue weighted by Gasteiger charge is -2.26. The standard InChI is InChI=1S/C12H13IO3/c1-12(10(13)7-11(14)16-12)8-3-5-9(15-2)6-4-8/h3-6,10H,7H2,1-2H3/t10-,12+/m1/s1. The maximum atomic E-state index is 11.3. The zero-order chi connectivity index (χ0) is 11.8. The molecule has 0 saturated carbocycles. The van der Waals surface area contributed by atoms with Crippen molar-refractivity contribution < 1.29 is 14.3 Å². The molecule has 3 nitrogen and oxygen atoms in total. The fraction of sp³-hybridized carbons (Fsp3) is 0.417. The van der Waals surface area contributed by atoms with Gasteiger partial charge in [-0.2, -0.15) is 0 Å². The van der Waals surface area contributed by atoms with Crippen LogP contribution in [-0.2, 0) is 15.1 Å². The molecular weight excluding hydrogens is 319 g/mol. The number of hydrogen-bond donors (Lipinski definition) is 0. The highest BCUT2D eigenvalue weighted by atomic mass is 127. The zero-order valence-electron chi connectivity index (χ0n) is 9.20. The monoisotopic (exact) mass is 332 g/mol. The van der Waals surface area contributed by atoms with Crippen LogP contribution in [-0.4, -0.2) is 17.0 Å². The molecule has 1 fully saturated rings. The van der Waals surface area contributed by atoms with E-state index < -0.39 is 5.60 Å². The minimum Gasteiger partial charge on any atom is -0.497 e. The van der Waals surface area contributed by atoms with Gasteiger partial charge in [-0.15, -0.1) is 0 Å². The SMILES string of the molecule is COc1ccc([C@]2(C)OC(=O)C[C@H]2I)cc1. The first kappa shape index (κ1) is 11.7. The molecule has 0 aromatic heterocycles. The highest BCUT2D eigenvalue weighted by Gasteiger charge is 2.45. The van der Waals surface area contributed by atoms with Gasteiger partial charge >= 0.3 is 5.97 Å². The molecule has 0 aliphatic carbocycles. The summed E-state index contributed by atoms with van der Waals surface area (Å²) in [6.07, 6.45) is 0.475. The molecule has 1 aliphatic rings. The van der Waals surface area contributed by atoms with Crippen LogP contribution in [0.3, 0.4) is 0 Å². The number of carbonyl (C=O) groups excluding carboxylic acids is 1. The number of hydrogen-bond acceptors (Lipinski definition) is 3. The van der Waals surface area contributed by atoms with Gasteiger partial charge in [0, 0.05) is 0 Å². The van der Waals surface area contributed by atoms with Crippen LogP contribution in [0.1, 0.15) is 18.9 Å². The Hall–Kier alpha value is -0.780. The van der Waals surface area contributed by atoms with Gasteiger partial charge in [0.15, 0.2) is 0 Å². The Morgan fingerprint density at radius 3 is 2.50 bits per heavy atom. The van der Waals surface area contributed by atoms with Gasteiger partial charge in [-0.25, -0.2) is 0 Å². The van der Waals surface area contributed by atoms with Crippen LogP contribution in [0.4, 0.5) is 0 Å². The number of rotatable bonds is 2. The van der Waals surface area contributed by atoms with E-state index in [4.69, 9.17) is 9.47 Å². The molecule has 0 N–H and O–H groups in total. The molecule has 4 heteroatoms. The summed E-state index contributed by atoms with van der Waals surface area (Å²) in [6.45, 7) is 1.96. The van der Waals surface area contributed by atoms with E-state index in [0.717, 1.165) is 11.3 Å². The van der Waals surface area contributed by atoms with Gasteiger partial charge in [0.25, 0.3) is 0 Å². The number of alkyl halides is 1. The van der Waals surface area contributed by atoms with Crippen molar-refractivity contribution in [1.82, 2.24) is 0 Å². The van der Waals surface area contributed by atoms with Crippen LogP contribution in [0, 0.1) is 0 Å². The van der Waals surface area contributed by atoms with Gasteiger partial charge < -0.3 is 9.47 Å². The quantitative estimate of drug-likeness (QED) is 0.475. The molecular formula is C12H13IO3. The molecule has 16 heavy (non-hydrogen) atoms. The summed E-state index contributed by atoms with van der Waals surface area (Å²) < 4.78 is 10.7. The third-order valence-electron chi connectivity index (χ3n) is 2.93. The summed E-state index contributed by atoms with van der Waals surface area (Å²) in [5.41, 5.74) is 0.503. The Bertz CT molecular complexity index is 401. The second kappa shape index (κ2) is 4.24. The van der Waals surface area contributed by atoms with E-state index in [0.29, 0.717) is 6.42 Å². The first-order valence-electron chi connectivity index (χ1n) is 5.06. The number of cyclic esters (lactones) is 1. The predicted octanol–water partition coefficient (Wildman–Crippen LogP) is 2.66. The second-order valence-electron chi connectivity index (χ2n) is 3.98. The normalized spacial score (nSPS) is 28.9. The molecule has 0 spiro atoms. The topological polar surface area (TPSA) is 35.5 Å². The van der Waals surface area contributed by atoms with E-state index in [1.165, 1.54) is 0 Å². The molecule has 0 bridgehead atoms. The average Bonchev–Trinajstić information content (AvgIpc) is 2.54. The molecule has 1 aromatic carbocycles. The highest BCUT2D eigenvalue weighted by molar-refractivity contribution is 14.1. The van der Waals surface area contributed by atoms with E-state index in [2.05, 4.69) is 22.6 Å². The Morgan fingerprint density at radius 2 is 2.06 bits per heavy atom. The zero-order valence-corrected chi connectivity index (χ0v) is 11.4. The van der Waals surface area contributed by atoms with E-state index in [1.54, 1.807) is 7.11 Å². The smallest absolute Gasteiger partial charge is 0.307 e. The van der Waals surface area contributed by atoms with Crippen LogP contribution in [0.2, 0.25) is 0 Å². The minimum atomic E-state index is -0.510. The Balaban J connectivity index is 2.32.